The fourth-order valence-electron chi connectivity index (χ4n) is 2.38. The Morgan fingerprint density at radius 3 is 3.00 bits per heavy atom. The van der Waals surface area contributed by atoms with Gasteiger partial charge in [-0.3, -0.25) is 4.79 Å². The second-order valence-electron chi connectivity index (χ2n) is 4.82. The van der Waals surface area contributed by atoms with Crippen molar-refractivity contribution in [2.75, 3.05) is 6.61 Å². The van der Waals surface area contributed by atoms with Gasteiger partial charge in [0.25, 0.3) is 0 Å². The molecular formula is C14H14ClN3O2. The van der Waals surface area contributed by atoms with Crippen molar-refractivity contribution in [3.8, 4) is 5.69 Å². The van der Waals surface area contributed by atoms with Gasteiger partial charge in [0, 0.05) is 11.6 Å². The van der Waals surface area contributed by atoms with Crippen molar-refractivity contribution in [3.05, 3.63) is 40.2 Å². The summed E-state index contributed by atoms with van der Waals surface area (Å²) in [5.41, 5.74) is 2.81. The summed E-state index contributed by atoms with van der Waals surface area (Å²) >= 11 is 6.15. The summed E-state index contributed by atoms with van der Waals surface area (Å²) in [5, 5.41) is 8.66. The van der Waals surface area contributed by atoms with E-state index in [2.05, 4.69) is 10.3 Å². The summed E-state index contributed by atoms with van der Waals surface area (Å²) < 4.78 is 7.31. The number of nitrogens with zero attached hydrogens (tertiary/aromatic N) is 3. The Hall–Kier alpha value is -1.72. The molecule has 1 aromatic carbocycles. The van der Waals surface area contributed by atoms with Crippen LogP contribution in [0.25, 0.3) is 5.69 Å². The number of aryl methyl sites for hydroxylation is 1. The van der Waals surface area contributed by atoms with Crippen molar-refractivity contribution >= 4 is 17.9 Å². The monoisotopic (exact) mass is 291 g/mol. The zero-order chi connectivity index (χ0) is 14.1. The minimum Gasteiger partial charge on any atom is -0.372 e. The van der Waals surface area contributed by atoms with Crippen LogP contribution in [-0.2, 0) is 4.74 Å². The maximum absolute atomic E-state index is 11.2. The molecule has 0 N–H and O–H groups in total. The SMILES string of the molecule is Cc1ccc(-n2nnc(C=O)c2C2CCCO2)cc1Cl. The number of hydrogen-bond acceptors (Lipinski definition) is 4. The highest BCUT2D eigenvalue weighted by molar-refractivity contribution is 6.31. The molecule has 1 aromatic heterocycles. The number of halogens is 1. The van der Waals surface area contributed by atoms with Gasteiger partial charge in [0.05, 0.1) is 5.69 Å². The number of aromatic nitrogens is 3. The first-order valence-corrected chi connectivity index (χ1v) is 6.87. The second kappa shape index (κ2) is 5.34. The third-order valence-corrected chi connectivity index (χ3v) is 3.89. The number of carbonyl (C=O) groups is 1. The van der Waals surface area contributed by atoms with Crippen molar-refractivity contribution in [2.24, 2.45) is 0 Å². The van der Waals surface area contributed by atoms with Crippen molar-refractivity contribution < 1.29 is 9.53 Å². The Morgan fingerprint density at radius 2 is 2.35 bits per heavy atom. The summed E-state index contributed by atoms with van der Waals surface area (Å²) in [4.78, 5) is 11.2. The van der Waals surface area contributed by atoms with Gasteiger partial charge in [0.2, 0.25) is 0 Å². The highest BCUT2D eigenvalue weighted by Crippen LogP contribution is 2.31. The molecule has 0 bridgehead atoms. The standard InChI is InChI=1S/C14H14ClN3O2/c1-9-4-5-10(7-11(9)15)18-14(12(8-19)16-17-18)13-3-2-6-20-13/h4-5,7-8,13H,2-3,6H2,1H3. The second-order valence-corrected chi connectivity index (χ2v) is 5.23. The quantitative estimate of drug-likeness (QED) is 0.816. The first-order valence-electron chi connectivity index (χ1n) is 6.49. The van der Waals surface area contributed by atoms with E-state index in [1.165, 1.54) is 0 Å². The van der Waals surface area contributed by atoms with Crippen LogP contribution >= 0.6 is 11.6 Å². The number of benzene rings is 1. The number of carbonyl (C=O) groups excluding carboxylic acids is 1. The van der Waals surface area contributed by atoms with Crippen LogP contribution < -0.4 is 0 Å². The van der Waals surface area contributed by atoms with E-state index in [-0.39, 0.29) is 6.10 Å². The van der Waals surface area contributed by atoms with Crippen LogP contribution in [0.5, 0.6) is 0 Å². The molecule has 0 aliphatic carbocycles. The number of hydrogen-bond donors (Lipinski definition) is 0. The van der Waals surface area contributed by atoms with E-state index in [0.29, 0.717) is 23.0 Å². The fourth-order valence-corrected chi connectivity index (χ4v) is 2.56. The molecule has 2 aromatic rings. The minimum atomic E-state index is -0.134. The Labute approximate surface area is 121 Å². The lowest BCUT2D eigenvalue weighted by Crippen LogP contribution is -2.09. The molecule has 1 aliphatic rings. The average Bonchev–Trinajstić information content (AvgIpc) is 3.09. The van der Waals surface area contributed by atoms with Gasteiger partial charge in [-0.15, -0.1) is 5.10 Å². The predicted octanol–water partition coefficient (Wildman–Crippen LogP) is 2.89. The van der Waals surface area contributed by atoms with Crippen molar-refractivity contribution in [3.63, 3.8) is 0 Å². The molecule has 0 spiro atoms. The van der Waals surface area contributed by atoms with Gasteiger partial charge >= 0.3 is 0 Å². The summed E-state index contributed by atoms with van der Waals surface area (Å²) in [6.45, 7) is 2.63. The normalized spacial score (nSPS) is 18.4. The van der Waals surface area contributed by atoms with Crippen molar-refractivity contribution in [1.29, 1.82) is 0 Å². The highest BCUT2D eigenvalue weighted by atomic mass is 35.5. The van der Waals surface area contributed by atoms with Crippen LogP contribution in [-0.4, -0.2) is 27.9 Å². The molecule has 104 valence electrons. The molecule has 0 radical (unpaired) electrons. The molecular weight excluding hydrogens is 278 g/mol. The number of ether oxygens (including phenoxy) is 1. The Morgan fingerprint density at radius 1 is 1.50 bits per heavy atom. The minimum absolute atomic E-state index is 0.134. The van der Waals surface area contributed by atoms with E-state index >= 15 is 0 Å². The average molecular weight is 292 g/mol. The van der Waals surface area contributed by atoms with Crippen molar-refractivity contribution in [1.82, 2.24) is 15.0 Å². The molecule has 1 atom stereocenters. The van der Waals surface area contributed by atoms with Gasteiger partial charge in [0.1, 0.15) is 11.8 Å². The van der Waals surface area contributed by atoms with Gasteiger partial charge in [0.15, 0.2) is 12.0 Å². The lowest BCUT2D eigenvalue weighted by atomic mass is 10.1. The van der Waals surface area contributed by atoms with E-state index in [1.54, 1.807) is 4.68 Å². The molecule has 1 unspecified atom stereocenters. The molecule has 2 heterocycles. The van der Waals surface area contributed by atoms with Gasteiger partial charge < -0.3 is 4.74 Å². The third-order valence-electron chi connectivity index (χ3n) is 3.48. The largest absolute Gasteiger partial charge is 0.372 e. The molecule has 0 amide bonds. The van der Waals surface area contributed by atoms with Gasteiger partial charge in [-0.2, -0.15) is 0 Å². The van der Waals surface area contributed by atoms with E-state index in [4.69, 9.17) is 16.3 Å². The molecule has 0 saturated carbocycles. The number of rotatable bonds is 3. The van der Waals surface area contributed by atoms with Crippen molar-refractivity contribution in [2.45, 2.75) is 25.9 Å². The van der Waals surface area contributed by atoms with E-state index < -0.39 is 0 Å². The van der Waals surface area contributed by atoms with Gasteiger partial charge in [-0.1, -0.05) is 22.9 Å². The molecule has 6 heteroatoms. The summed E-state index contributed by atoms with van der Waals surface area (Å²) in [7, 11) is 0. The Bertz CT molecular complexity index is 648. The molecule has 20 heavy (non-hydrogen) atoms. The number of aldehydes is 1. The van der Waals surface area contributed by atoms with Gasteiger partial charge in [-0.05, 0) is 37.5 Å². The molecule has 5 nitrogen and oxygen atoms in total. The van der Waals surface area contributed by atoms with Crippen LogP contribution in [0.3, 0.4) is 0 Å². The Kier molecular flexibility index (Phi) is 3.54. The molecule has 1 aliphatic heterocycles. The smallest absolute Gasteiger partial charge is 0.172 e. The summed E-state index contributed by atoms with van der Waals surface area (Å²) in [6, 6.07) is 5.64. The topological polar surface area (TPSA) is 57.0 Å². The highest BCUT2D eigenvalue weighted by Gasteiger charge is 2.27. The van der Waals surface area contributed by atoms with E-state index in [1.807, 2.05) is 25.1 Å². The van der Waals surface area contributed by atoms with Crippen LogP contribution in [0.1, 0.15) is 40.7 Å². The third kappa shape index (κ3) is 2.23. The molecule has 3 rings (SSSR count). The van der Waals surface area contributed by atoms with E-state index in [9.17, 15) is 4.79 Å². The van der Waals surface area contributed by atoms with Crippen LogP contribution in [0.15, 0.2) is 18.2 Å². The first kappa shape index (κ1) is 13.3. The lowest BCUT2D eigenvalue weighted by Gasteiger charge is -2.13. The maximum atomic E-state index is 11.2. The summed E-state index contributed by atoms with van der Waals surface area (Å²) in [5.74, 6) is 0. The Balaban J connectivity index is 2.10. The zero-order valence-corrected chi connectivity index (χ0v) is 11.8. The summed E-state index contributed by atoms with van der Waals surface area (Å²) in [6.07, 6.45) is 2.43. The van der Waals surface area contributed by atoms with Gasteiger partial charge in [-0.25, -0.2) is 4.68 Å². The maximum Gasteiger partial charge on any atom is 0.172 e. The predicted molar refractivity (Wildman–Crippen MR) is 74.4 cm³/mol. The molecule has 1 saturated heterocycles. The lowest BCUT2D eigenvalue weighted by molar-refractivity contribution is 0.102. The van der Waals surface area contributed by atoms with E-state index in [0.717, 1.165) is 30.4 Å². The first-order chi connectivity index (χ1) is 9.70. The fraction of sp³-hybridized carbons (Fsp3) is 0.357. The molecule has 1 fully saturated rings. The zero-order valence-electron chi connectivity index (χ0n) is 11.0. The van der Waals surface area contributed by atoms with Crippen LogP contribution in [0.4, 0.5) is 0 Å². The van der Waals surface area contributed by atoms with Crippen LogP contribution in [0, 0.1) is 6.92 Å². The van der Waals surface area contributed by atoms with Crippen LogP contribution in [0.2, 0.25) is 5.02 Å².